The average molecular weight is 467 g/mol. The highest BCUT2D eigenvalue weighted by Gasteiger charge is 2.20. The van der Waals surface area contributed by atoms with Crippen molar-refractivity contribution in [3.8, 4) is 5.75 Å². The zero-order chi connectivity index (χ0) is 24.3. The predicted octanol–water partition coefficient (Wildman–Crippen LogP) is 2.64. The summed E-state index contributed by atoms with van der Waals surface area (Å²) in [5.41, 5.74) is 7.82. The molecule has 1 fully saturated rings. The Morgan fingerprint density at radius 2 is 1.88 bits per heavy atom. The number of hydrogen-bond donors (Lipinski definition) is 4. The Kier molecular flexibility index (Phi) is 9.46. The van der Waals surface area contributed by atoms with E-state index in [4.69, 9.17) is 20.6 Å². The van der Waals surface area contributed by atoms with Gasteiger partial charge in [-0.05, 0) is 75.0 Å². The smallest absolute Gasteiger partial charge is 0.307 e. The molecule has 0 saturated carbocycles. The summed E-state index contributed by atoms with van der Waals surface area (Å²) in [7, 11) is 0. The summed E-state index contributed by atoms with van der Waals surface area (Å²) in [5.74, 6) is 0.423. The summed E-state index contributed by atoms with van der Waals surface area (Å²) in [6.45, 7) is 4.20. The second-order valence-corrected chi connectivity index (χ2v) is 8.53. The van der Waals surface area contributed by atoms with Crippen molar-refractivity contribution in [3.63, 3.8) is 0 Å². The Hall–Kier alpha value is -3.39. The van der Waals surface area contributed by atoms with Crippen LogP contribution in [0.3, 0.4) is 0 Å². The highest BCUT2D eigenvalue weighted by molar-refractivity contribution is 5.95. The molecule has 0 radical (unpaired) electrons. The van der Waals surface area contributed by atoms with E-state index < -0.39 is 12.0 Å². The summed E-state index contributed by atoms with van der Waals surface area (Å²) < 4.78 is 10.9. The summed E-state index contributed by atoms with van der Waals surface area (Å²) >= 11 is 0. The number of ether oxygens (including phenoxy) is 2. The van der Waals surface area contributed by atoms with Gasteiger partial charge in [0.1, 0.15) is 18.2 Å². The fraction of sp³-hybridized carbons (Fsp3) is 0.423. The second-order valence-electron chi connectivity index (χ2n) is 8.53. The van der Waals surface area contributed by atoms with Gasteiger partial charge >= 0.3 is 5.97 Å². The number of carbonyl (C=O) groups is 2. The lowest BCUT2D eigenvalue weighted by atomic mass is 9.91. The van der Waals surface area contributed by atoms with Gasteiger partial charge < -0.3 is 25.8 Å². The molecule has 1 aliphatic rings. The molecule has 1 saturated heterocycles. The minimum Gasteiger partial charge on any atom is -0.491 e. The Balaban J connectivity index is 1.61. The number of esters is 1. The van der Waals surface area contributed by atoms with Gasteiger partial charge in [-0.2, -0.15) is 0 Å². The molecule has 182 valence electrons. The van der Waals surface area contributed by atoms with Crippen LogP contribution in [0.15, 0.2) is 48.5 Å². The fourth-order valence-electron chi connectivity index (χ4n) is 4.00. The minimum absolute atomic E-state index is 0.0141. The Morgan fingerprint density at radius 1 is 1.15 bits per heavy atom. The van der Waals surface area contributed by atoms with E-state index in [1.165, 1.54) is 18.4 Å². The van der Waals surface area contributed by atoms with Crippen LogP contribution in [0.25, 0.3) is 0 Å². The van der Waals surface area contributed by atoms with Crippen molar-refractivity contribution in [3.05, 3.63) is 65.2 Å². The molecule has 8 heteroatoms. The molecule has 2 aromatic rings. The number of rotatable bonds is 11. The molecule has 3 rings (SSSR count). The van der Waals surface area contributed by atoms with Gasteiger partial charge in [-0.15, -0.1) is 0 Å². The van der Waals surface area contributed by atoms with E-state index in [-0.39, 0.29) is 31.4 Å². The third-order valence-corrected chi connectivity index (χ3v) is 5.85. The summed E-state index contributed by atoms with van der Waals surface area (Å²) in [5, 5.41) is 13.8. The number of carbonyl (C=O) groups excluding carboxylic acids is 2. The zero-order valence-electron chi connectivity index (χ0n) is 19.6. The maximum absolute atomic E-state index is 12.9. The van der Waals surface area contributed by atoms with E-state index in [2.05, 4.69) is 10.6 Å². The Bertz CT molecular complexity index is 971. The monoisotopic (exact) mass is 466 g/mol. The van der Waals surface area contributed by atoms with Crippen LogP contribution in [0.1, 0.15) is 47.7 Å². The number of hydrogen-bond acceptors (Lipinski definition) is 6. The van der Waals surface area contributed by atoms with Gasteiger partial charge in [-0.25, -0.2) is 0 Å². The van der Waals surface area contributed by atoms with Crippen LogP contribution in [0.2, 0.25) is 0 Å². The molecular weight excluding hydrogens is 432 g/mol. The first kappa shape index (κ1) is 25.2. The zero-order valence-corrected chi connectivity index (χ0v) is 19.6. The third kappa shape index (κ3) is 7.88. The SMILES string of the molecule is CCOC(=O)C[C@H](COc1cccc(C(=N)N)c1)NC(=O)c1ccc(CC2CCNCC2)cc1. The lowest BCUT2D eigenvalue weighted by Gasteiger charge is -2.22. The number of piperidine rings is 1. The van der Waals surface area contributed by atoms with Crippen LogP contribution in [-0.4, -0.2) is 50.1 Å². The molecule has 0 bridgehead atoms. The van der Waals surface area contributed by atoms with E-state index in [9.17, 15) is 9.59 Å². The second kappa shape index (κ2) is 12.7. The molecule has 0 aromatic heterocycles. The lowest BCUT2D eigenvalue weighted by molar-refractivity contribution is -0.143. The number of nitrogen functional groups attached to an aromatic ring is 1. The third-order valence-electron chi connectivity index (χ3n) is 5.85. The van der Waals surface area contributed by atoms with E-state index in [0.29, 0.717) is 22.8 Å². The first-order valence-corrected chi connectivity index (χ1v) is 11.8. The Labute approximate surface area is 200 Å². The van der Waals surface area contributed by atoms with Crippen LogP contribution in [0, 0.1) is 11.3 Å². The number of nitrogens with one attached hydrogen (secondary N) is 3. The molecule has 5 N–H and O–H groups in total. The highest BCUT2D eigenvalue weighted by Crippen LogP contribution is 2.19. The van der Waals surface area contributed by atoms with Crippen LogP contribution >= 0.6 is 0 Å². The molecule has 0 aliphatic carbocycles. The first-order chi connectivity index (χ1) is 16.4. The van der Waals surface area contributed by atoms with Crippen molar-refractivity contribution < 1.29 is 19.1 Å². The molecular formula is C26H34N4O4. The quantitative estimate of drug-likeness (QED) is 0.229. The van der Waals surface area contributed by atoms with Gasteiger partial charge in [-0.3, -0.25) is 15.0 Å². The van der Waals surface area contributed by atoms with Crippen molar-refractivity contribution in [2.24, 2.45) is 11.7 Å². The van der Waals surface area contributed by atoms with E-state index in [1.54, 1.807) is 31.2 Å². The van der Waals surface area contributed by atoms with E-state index in [1.807, 2.05) is 24.3 Å². The van der Waals surface area contributed by atoms with Crippen molar-refractivity contribution in [1.29, 1.82) is 5.41 Å². The summed E-state index contributed by atoms with van der Waals surface area (Å²) in [4.78, 5) is 25.0. The van der Waals surface area contributed by atoms with Crippen LogP contribution in [0.5, 0.6) is 5.75 Å². The molecule has 8 nitrogen and oxygen atoms in total. The van der Waals surface area contributed by atoms with Gasteiger partial charge in [-0.1, -0.05) is 24.3 Å². The largest absolute Gasteiger partial charge is 0.491 e. The van der Waals surface area contributed by atoms with Crippen molar-refractivity contribution in [2.75, 3.05) is 26.3 Å². The van der Waals surface area contributed by atoms with Gasteiger partial charge in [0.25, 0.3) is 5.91 Å². The minimum atomic E-state index is -0.582. The lowest BCUT2D eigenvalue weighted by Crippen LogP contribution is -2.41. The van der Waals surface area contributed by atoms with Crippen molar-refractivity contribution >= 4 is 17.7 Å². The maximum atomic E-state index is 12.9. The highest BCUT2D eigenvalue weighted by atomic mass is 16.5. The number of benzene rings is 2. The molecule has 34 heavy (non-hydrogen) atoms. The van der Waals surface area contributed by atoms with Crippen LogP contribution in [-0.2, 0) is 16.0 Å². The molecule has 2 aromatic carbocycles. The summed E-state index contributed by atoms with van der Waals surface area (Å²) in [6.07, 6.45) is 3.35. The number of nitrogens with two attached hydrogens (primary N) is 1. The van der Waals surface area contributed by atoms with E-state index >= 15 is 0 Å². The van der Waals surface area contributed by atoms with Crippen LogP contribution in [0.4, 0.5) is 0 Å². The normalized spacial score (nSPS) is 14.7. The molecule has 1 atom stereocenters. The predicted molar refractivity (Wildman–Crippen MR) is 131 cm³/mol. The summed E-state index contributed by atoms with van der Waals surface area (Å²) in [6, 6.07) is 13.9. The fourth-order valence-corrected chi connectivity index (χ4v) is 4.00. The Morgan fingerprint density at radius 3 is 2.56 bits per heavy atom. The van der Waals surface area contributed by atoms with Gasteiger partial charge in [0.2, 0.25) is 0 Å². The van der Waals surface area contributed by atoms with Gasteiger partial charge in [0.15, 0.2) is 0 Å². The van der Waals surface area contributed by atoms with Crippen LogP contribution < -0.4 is 21.1 Å². The molecule has 1 aliphatic heterocycles. The number of amides is 1. The molecule has 1 heterocycles. The van der Waals surface area contributed by atoms with Gasteiger partial charge in [0.05, 0.1) is 19.1 Å². The topological polar surface area (TPSA) is 127 Å². The standard InChI is InChI=1S/C26H34N4O4/c1-2-33-24(31)16-22(17-34-23-5-3-4-21(15-23)25(27)28)30-26(32)20-8-6-18(7-9-20)14-19-10-12-29-13-11-19/h3-9,15,19,22,29H,2,10-14,16-17H2,1H3,(H3,27,28)(H,30,32)/t22-/m1/s1. The number of amidine groups is 1. The van der Waals surface area contributed by atoms with Crippen molar-refractivity contribution in [1.82, 2.24) is 10.6 Å². The van der Waals surface area contributed by atoms with Gasteiger partial charge in [0, 0.05) is 11.1 Å². The maximum Gasteiger partial charge on any atom is 0.307 e. The molecule has 0 unspecified atom stereocenters. The average Bonchev–Trinajstić information content (AvgIpc) is 2.84. The molecule has 0 spiro atoms. The van der Waals surface area contributed by atoms with E-state index in [0.717, 1.165) is 19.5 Å². The first-order valence-electron chi connectivity index (χ1n) is 11.8. The molecule has 1 amide bonds. The van der Waals surface area contributed by atoms with Crippen molar-refractivity contribution in [2.45, 2.75) is 38.6 Å².